The molecule has 0 unspecified atom stereocenters. The maximum absolute atomic E-state index is 11.1. The first-order chi connectivity index (χ1) is 7.87. The minimum Gasteiger partial charge on any atom is -0.364 e. The summed E-state index contributed by atoms with van der Waals surface area (Å²) >= 11 is 0. The van der Waals surface area contributed by atoms with Crippen molar-refractivity contribution >= 4 is 8.07 Å². The molecule has 0 aliphatic carbocycles. The van der Waals surface area contributed by atoms with Crippen molar-refractivity contribution in [2.75, 3.05) is 32.5 Å². The van der Waals surface area contributed by atoms with Gasteiger partial charge >= 0.3 is 0 Å². The van der Waals surface area contributed by atoms with Crippen LogP contribution in [0.5, 0.6) is 0 Å². The van der Waals surface area contributed by atoms with Crippen LogP contribution in [-0.2, 0) is 0 Å². The molecule has 0 atom stereocenters. The zero-order valence-electron chi connectivity index (χ0n) is 10.7. The van der Waals surface area contributed by atoms with Gasteiger partial charge in [-0.25, -0.2) is 0 Å². The van der Waals surface area contributed by atoms with Crippen LogP contribution in [0.3, 0.4) is 0 Å². The molecule has 6 nitrogen and oxygen atoms in total. The van der Waals surface area contributed by atoms with Crippen molar-refractivity contribution in [1.82, 2.24) is 15.1 Å². The van der Waals surface area contributed by atoms with Gasteiger partial charge in [-0.2, -0.15) is 0 Å². The molecule has 0 amide bonds. The Kier molecular flexibility index (Phi) is 3.13. The Morgan fingerprint density at radius 1 is 1.47 bits per heavy atom. The number of nitro groups is 1. The van der Waals surface area contributed by atoms with E-state index in [9.17, 15) is 10.1 Å². The van der Waals surface area contributed by atoms with Crippen LogP contribution in [0.1, 0.15) is 0 Å². The summed E-state index contributed by atoms with van der Waals surface area (Å²) in [7, 11) is -1.22. The second kappa shape index (κ2) is 4.30. The maximum Gasteiger partial charge on any atom is 0.299 e. The highest BCUT2D eigenvalue weighted by Gasteiger charge is 2.36. The van der Waals surface area contributed by atoms with Crippen LogP contribution >= 0.6 is 0 Å². The van der Waals surface area contributed by atoms with E-state index in [1.54, 1.807) is 0 Å². The molecule has 1 N–H and O–H groups in total. The van der Waals surface area contributed by atoms with Crippen molar-refractivity contribution in [3.63, 3.8) is 0 Å². The molecule has 0 aromatic heterocycles. The van der Waals surface area contributed by atoms with E-state index in [0.717, 1.165) is 31.7 Å². The molecule has 7 heteroatoms. The number of fused-ring (bicyclic) bond motifs is 1. The summed E-state index contributed by atoms with van der Waals surface area (Å²) in [4.78, 5) is 15.1. The highest BCUT2D eigenvalue weighted by molar-refractivity contribution is 6.76. The number of hydrogen-bond donors (Lipinski definition) is 1. The van der Waals surface area contributed by atoms with Crippen molar-refractivity contribution < 1.29 is 4.92 Å². The molecule has 0 radical (unpaired) electrons. The molecule has 0 aromatic rings. The molecule has 1 fully saturated rings. The SMILES string of the molecule is C[Si](C)(C)CN1CC([N+](=O)[O-])=C2NCCN2C1. The first kappa shape index (κ1) is 12.4. The van der Waals surface area contributed by atoms with E-state index in [4.69, 9.17) is 0 Å². The van der Waals surface area contributed by atoms with E-state index in [1.165, 1.54) is 0 Å². The fourth-order valence-electron chi connectivity index (χ4n) is 2.46. The quantitative estimate of drug-likeness (QED) is 0.452. The first-order valence-electron chi connectivity index (χ1n) is 5.95. The van der Waals surface area contributed by atoms with E-state index in [2.05, 4.69) is 34.8 Å². The second-order valence-electron chi connectivity index (χ2n) is 5.93. The van der Waals surface area contributed by atoms with Crippen molar-refractivity contribution in [3.05, 3.63) is 21.6 Å². The van der Waals surface area contributed by atoms with Crippen molar-refractivity contribution in [2.45, 2.75) is 19.6 Å². The molecule has 0 spiro atoms. The lowest BCUT2D eigenvalue weighted by atomic mass is 10.3. The summed E-state index contributed by atoms with van der Waals surface area (Å²) in [6.07, 6.45) is 1.01. The van der Waals surface area contributed by atoms with Gasteiger partial charge < -0.3 is 10.2 Å². The molecule has 2 rings (SSSR count). The van der Waals surface area contributed by atoms with Crippen LogP contribution in [0, 0.1) is 10.1 Å². The molecule has 1 saturated heterocycles. The molecule has 96 valence electrons. The third kappa shape index (κ3) is 2.78. The second-order valence-corrected chi connectivity index (χ2v) is 11.4. The van der Waals surface area contributed by atoms with E-state index >= 15 is 0 Å². The summed E-state index contributed by atoms with van der Waals surface area (Å²) in [5, 5.41) is 14.2. The van der Waals surface area contributed by atoms with Crippen LogP contribution in [-0.4, -0.2) is 55.3 Å². The summed E-state index contributed by atoms with van der Waals surface area (Å²) < 4.78 is 0. The monoisotopic (exact) mass is 256 g/mol. The van der Waals surface area contributed by atoms with Gasteiger partial charge in [-0.1, -0.05) is 19.6 Å². The Hall–Kier alpha value is -1.08. The normalized spacial score (nSPS) is 21.5. The lowest BCUT2D eigenvalue weighted by Crippen LogP contribution is -2.50. The van der Waals surface area contributed by atoms with Gasteiger partial charge in [0.1, 0.15) is 0 Å². The van der Waals surface area contributed by atoms with Crippen LogP contribution in [0.4, 0.5) is 0 Å². The van der Waals surface area contributed by atoms with Crippen molar-refractivity contribution in [3.8, 4) is 0 Å². The van der Waals surface area contributed by atoms with Gasteiger partial charge in [0, 0.05) is 13.1 Å². The van der Waals surface area contributed by atoms with Crippen molar-refractivity contribution in [1.29, 1.82) is 0 Å². The zero-order valence-corrected chi connectivity index (χ0v) is 11.7. The van der Waals surface area contributed by atoms with E-state index in [0.29, 0.717) is 12.2 Å². The molecule has 2 aliphatic heterocycles. The van der Waals surface area contributed by atoms with Crippen LogP contribution in [0.15, 0.2) is 11.5 Å². The summed E-state index contributed by atoms with van der Waals surface area (Å²) in [5.74, 6) is 0.738. The van der Waals surface area contributed by atoms with Gasteiger partial charge in [-0.15, -0.1) is 0 Å². The van der Waals surface area contributed by atoms with Crippen LogP contribution in [0.2, 0.25) is 19.6 Å². The van der Waals surface area contributed by atoms with Crippen LogP contribution < -0.4 is 5.32 Å². The molecule has 2 heterocycles. The highest BCUT2D eigenvalue weighted by atomic mass is 28.3. The number of rotatable bonds is 3. The van der Waals surface area contributed by atoms with E-state index in [1.807, 2.05) is 0 Å². The molecule has 2 aliphatic rings. The summed E-state index contributed by atoms with van der Waals surface area (Å²) in [6, 6.07) is 0. The van der Waals surface area contributed by atoms with E-state index < -0.39 is 8.07 Å². The Labute approximate surface area is 102 Å². The Morgan fingerprint density at radius 2 is 2.18 bits per heavy atom. The number of nitrogens with one attached hydrogen (secondary N) is 1. The number of nitrogens with zero attached hydrogens (tertiary/aromatic N) is 3. The predicted octanol–water partition coefficient (Wildman–Crippen LogP) is 0.488. The minimum atomic E-state index is -1.22. The average Bonchev–Trinajstić information content (AvgIpc) is 2.60. The Balaban J connectivity index is 2.16. The minimum absolute atomic E-state index is 0.239. The lowest BCUT2D eigenvalue weighted by molar-refractivity contribution is -0.432. The highest BCUT2D eigenvalue weighted by Crippen LogP contribution is 2.21. The predicted molar refractivity (Wildman–Crippen MR) is 68.5 cm³/mol. The van der Waals surface area contributed by atoms with Gasteiger partial charge in [0.2, 0.25) is 0 Å². The lowest BCUT2D eigenvalue weighted by Gasteiger charge is -2.35. The van der Waals surface area contributed by atoms with Gasteiger partial charge in [0.15, 0.2) is 5.82 Å². The molecule has 0 aromatic carbocycles. The largest absolute Gasteiger partial charge is 0.364 e. The van der Waals surface area contributed by atoms with Gasteiger partial charge in [0.05, 0.1) is 26.2 Å². The average molecular weight is 256 g/mol. The third-order valence-electron chi connectivity index (χ3n) is 2.93. The zero-order chi connectivity index (χ0) is 12.6. The fourth-order valence-corrected chi connectivity index (χ4v) is 4.01. The maximum atomic E-state index is 11.1. The van der Waals surface area contributed by atoms with E-state index in [-0.39, 0.29) is 4.92 Å². The smallest absolute Gasteiger partial charge is 0.299 e. The molecule has 0 bridgehead atoms. The Morgan fingerprint density at radius 3 is 2.76 bits per heavy atom. The van der Waals surface area contributed by atoms with Crippen molar-refractivity contribution in [2.24, 2.45) is 0 Å². The summed E-state index contributed by atoms with van der Waals surface area (Å²) in [6.45, 7) is 9.85. The topological polar surface area (TPSA) is 61.6 Å². The Bertz CT molecular complexity index is 364. The molecule has 17 heavy (non-hydrogen) atoms. The molecular weight excluding hydrogens is 236 g/mol. The third-order valence-corrected chi connectivity index (χ3v) is 4.32. The van der Waals surface area contributed by atoms with Gasteiger partial charge in [0.25, 0.3) is 5.70 Å². The molecular formula is C10H20N4O2Si. The fraction of sp³-hybridized carbons (Fsp3) is 0.800. The van der Waals surface area contributed by atoms with Gasteiger partial charge in [-0.3, -0.25) is 15.0 Å². The standard InChI is InChI=1S/C10H20N4O2Si/c1-17(2,3)8-12-6-9(14(15)16)10-11-4-5-13(10)7-12/h11H,4-8H2,1-3H3. The van der Waals surface area contributed by atoms with Gasteiger partial charge in [-0.05, 0) is 6.17 Å². The summed E-state index contributed by atoms with van der Waals surface area (Å²) in [5.41, 5.74) is 0.326. The number of hydrogen-bond acceptors (Lipinski definition) is 5. The first-order valence-corrected chi connectivity index (χ1v) is 9.66. The van der Waals surface area contributed by atoms with Crippen LogP contribution in [0.25, 0.3) is 0 Å². The molecule has 0 saturated carbocycles.